The Balaban J connectivity index is 1.74. The number of benzene rings is 2. The van der Waals surface area contributed by atoms with Gasteiger partial charge in [-0.2, -0.15) is 0 Å². The van der Waals surface area contributed by atoms with Crippen molar-refractivity contribution >= 4 is 34.8 Å². The van der Waals surface area contributed by atoms with E-state index in [1.807, 2.05) is 44.2 Å². The van der Waals surface area contributed by atoms with Crippen molar-refractivity contribution < 1.29 is 14.3 Å². The van der Waals surface area contributed by atoms with E-state index in [1.165, 1.54) is 0 Å². The molecule has 1 N–H and O–H groups in total. The van der Waals surface area contributed by atoms with Crippen molar-refractivity contribution in [2.45, 2.75) is 20.3 Å². The summed E-state index contributed by atoms with van der Waals surface area (Å²) in [5.41, 5.74) is 2.27. The van der Waals surface area contributed by atoms with E-state index >= 15 is 0 Å². The zero-order valence-electron chi connectivity index (χ0n) is 14.8. The summed E-state index contributed by atoms with van der Waals surface area (Å²) in [5, 5.41) is 3.32. The summed E-state index contributed by atoms with van der Waals surface area (Å²) >= 11 is 6.18. The molecule has 2 amide bonds. The largest absolute Gasteiger partial charge is 0.492 e. The van der Waals surface area contributed by atoms with Gasteiger partial charge in [0.2, 0.25) is 11.8 Å². The van der Waals surface area contributed by atoms with Crippen molar-refractivity contribution in [1.82, 2.24) is 0 Å². The average Bonchev–Trinajstić information content (AvgIpc) is 3.00. The zero-order valence-corrected chi connectivity index (χ0v) is 15.5. The molecule has 0 radical (unpaired) electrons. The van der Waals surface area contributed by atoms with Gasteiger partial charge in [-0.05, 0) is 43.7 Å². The van der Waals surface area contributed by atoms with Crippen LogP contribution in [-0.2, 0) is 9.59 Å². The van der Waals surface area contributed by atoms with Crippen LogP contribution in [0.25, 0.3) is 0 Å². The molecule has 1 heterocycles. The number of nitrogens with zero attached hydrogens (tertiary/aromatic N) is 1. The molecule has 26 heavy (non-hydrogen) atoms. The molecule has 1 saturated heterocycles. The highest BCUT2D eigenvalue weighted by atomic mass is 35.5. The van der Waals surface area contributed by atoms with Crippen LogP contribution in [0.1, 0.15) is 18.9 Å². The molecule has 1 aliphatic rings. The van der Waals surface area contributed by atoms with Gasteiger partial charge in [-0.15, -0.1) is 0 Å². The fourth-order valence-corrected chi connectivity index (χ4v) is 3.31. The highest BCUT2D eigenvalue weighted by molar-refractivity contribution is 6.33. The van der Waals surface area contributed by atoms with Crippen molar-refractivity contribution in [1.29, 1.82) is 0 Å². The molecule has 1 aliphatic heterocycles. The first-order chi connectivity index (χ1) is 12.5. The topological polar surface area (TPSA) is 58.6 Å². The number of ether oxygens (including phenoxy) is 1. The number of carbonyl (C=O) groups is 2. The number of nitrogens with one attached hydrogen (secondary N) is 1. The lowest BCUT2D eigenvalue weighted by atomic mass is 10.1. The molecule has 2 aromatic rings. The summed E-state index contributed by atoms with van der Waals surface area (Å²) in [6, 6.07) is 12.8. The minimum absolute atomic E-state index is 0.0905. The lowest BCUT2D eigenvalue weighted by Gasteiger charge is -2.20. The number of halogens is 1. The molecule has 0 aliphatic carbocycles. The molecule has 1 atom stereocenters. The van der Waals surface area contributed by atoms with Gasteiger partial charge in [0.05, 0.1) is 28.9 Å². The fraction of sp³-hybridized carbons (Fsp3) is 0.300. The Kier molecular flexibility index (Phi) is 5.47. The molecular weight excluding hydrogens is 352 g/mol. The van der Waals surface area contributed by atoms with Crippen LogP contribution in [0, 0.1) is 12.8 Å². The molecule has 3 rings (SSSR count). The summed E-state index contributed by atoms with van der Waals surface area (Å²) in [4.78, 5) is 26.7. The molecule has 136 valence electrons. The predicted molar refractivity (Wildman–Crippen MR) is 103 cm³/mol. The summed E-state index contributed by atoms with van der Waals surface area (Å²) < 4.78 is 5.60. The lowest BCUT2D eigenvalue weighted by Crippen LogP contribution is -2.28. The molecule has 1 fully saturated rings. The van der Waals surface area contributed by atoms with E-state index in [2.05, 4.69) is 5.32 Å². The van der Waals surface area contributed by atoms with Crippen LogP contribution in [0.15, 0.2) is 42.5 Å². The van der Waals surface area contributed by atoms with Gasteiger partial charge in [0.1, 0.15) is 5.75 Å². The number of anilines is 2. The third-order valence-electron chi connectivity index (χ3n) is 4.33. The second-order valence-corrected chi connectivity index (χ2v) is 6.69. The van der Waals surface area contributed by atoms with Crippen LogP contribution < -0.4 is 15.0 Å². The molecule has 0 bridgehead atoms. The van der Waals surface area contributed by atoms with Crippen molar-refractivity contribution in [3.05, 3.63) is 53.1 Å². The summed E-state index contributed by atoms with van der Waals surface area (Å²) in [6.45, 7) is 4.65. The Bertz CT molecular complexity index is 838. The maximum absolute atomic E-state index is 12.6. The van der Waals surface area contributed by atoms with E-state index in [1.54, 1.807) is 17.0 Å². The molecule has 5 nitrogen and oxygen atoms in total. The van der Waals surface area contributed by atoms with E-state index in [9.17, 15) is 9.59 Å². The van der Waals surface area contributed by atoms with Gasteiger partial charge in [-0.1, -0.05) is 29.8 Å². The van der Waals surface area contributed by atoms with Crippen LogP contribution in [0.2, 0.25) is 5.02 Å². The van der Waals surface area contributed by atoms with Gasteiger partial charge >= 0.3 is 0 Å². The van der Waals surface area contributed by atoms with Gasteiger partial charge in [0, 0.05) is 13.0 Å². The van der Waals surface area contributed by atoms with E-state index < -0.39 is 5.92 Å². The maximum atomic E-state index is 12.6. The Morgan fingerprint density at radius 3 is 2.81 bits per heavy atom. The fourth-order valence-electron chi connectivity index (χ4n) is 3.03. The van der Waals surface area contributed by atoms with Gasteiger partial charge < -0.3 is 15.0 Å². The summed E-state index contributed by atoms with van der Waals surface area (Å²) in [6.07, 6.45) is 0.162. The minimum Gasteiger partial charge on any atom is -0.492 e. The van der Waals surface area contributed by atoms with Gasteiger partial charge in [0.15, 0.2) is 0 Å². The summed E-state index contributed by atoms with van der Waals surface area (Å²) in [7, 11) is 0. The molecule has 0 saturated carbocycles. The number of hydrogen-bond acceptors (Lipinski definition) is 3. The normalized spacial score (nSPS) is 16.7. The van der Waals surface area contributed by atoms with E-state index in [4.69, 9.17) is 16.3 Å². The molecular formula is C20H21ClN2O3. The third kappa shape index (κ3) is 3.83. The molecule has 0 spiro atoms. The van der Waals surface area contributed by atoms with Crippen LogP contribution in [0.5, 0.6) is 5.75 Å². The molecule has 2 aromatic carbocycles. The van der Waals surface area contributed by atoms with Gasteiger partial charge in [-0.3, -0.25) is 9.59 Å². The average molecular weight is 373 g/mol. The van der Waals surface area contributed by atoms with E-state index in [-0.39, 0.29) is 18.2 Å². The predicted octanol–water partition coefficient (Wildman–Crippen LogP) is 4.04. The van der Waals surface area contributed by atoms with Crippen LogP contribution >= 0.6 is 11.6 Å². The maximum Gasteiger partial charge on any atom is 0.229 e. The van der Waals surface area contributed by atoms with Crippen molar-refractivity contribution in [2.24, 2.45) is 5.92 Å². The second kappa shape index (κ2) is 7.79. The third-order valence-corrected chi connectivity index (χ3v) is 4.65. The Labute approximate surface area is 157 Å². The smallest absolute Gasteiger partial charge is 0.229 e. The molecule has 6 heteroatoms. The first-order valence-corrected chi connectivity index (χ1v) is 8.96. The monoisotopic (exact) mass is 372 g/mol. The number of rotatable bonds is 5. The Morgan fingerprint density at radius 1 is 1.31 bits per heavy atom. The van der Waals surface area contributed by atoms with Crippen molar-refractivity contribution in [3.8, 4) is 5.75 Å². The lowest BCUT2D eigenvalue weighted by molar-refractivity contribution is -0.122. The number of para-hydroxylation sites is 2. The summed E-state index contributed by atoms with van der Waals surface area (Å²) in [5.74, 6) is -0.0895. The number of carbonyl (C=O) groups excluding carboxylic acids is 2. The highest BCUT2D eigenvalue weighted by Gasteiger charge is 2.36. The van der Waals surface area contributed by atoms with E-state index in [0.29, 0.717) is 35.3 Å². The Hall–Kier alpha value is -2.53. The minimum atomic E-state index is -0.436. The molecule has 0 unspecified atom stereocenters. The van der Waals surface area contributed by atoms with E-state index in [0.717, 1.165) is 5.56 Å². The van der Waals surface area contributed by atoms with Crippen LogP contribution in [0.3, 0.4) is 0 Å². The number of amides is 2. The van der Waals surface area contributed by atoms with Gasteiger partial charge in [-0.25, -0.2) is 0 Å². The first-order valence-electron chi connectivity index (χ1n) is 8.58. The van der Waals surface area contributed by atoms with Gasteiger partial charge in [0.25, 0.3) is 0 Å². The van der Waals surface area contributed by atoms with Crippen molar-refractivity contribution in [2.75, 3.05) is 23.4 Å². The second-order valence-electron chi connectivity index (χ2n) is 6.28. The number of aryl methyl sites for hydroxylation is 1. The highest BCUT2D eigenvalue weighted by Crippen LogP contribution is 2.33. The standard InChI is InChI=1S/C20H21ClN2O3/c1-3-26-18-7-5-4-6-17(18)23-12-14(11-19(23)24)20(25)22-16-9-8-13(2)10-15(16)21/h4-10,14H,3,11-12H2,1-2H3,(H,22,25)/t14-/m0/s1. The van der Waals surface area contributed by atoms with Crippen LogP contribution in [-0.4, -0.2) is 25.0 Å². The molecule has 0 aromatic heterocycles. The van der Waals surface area contributed by atoms with Crippen molar-refractivity contribution in [3.63, 3.8) is 0 Å². The van der Waals surface area contributed by atoms with Crippen LogP contribution in [0.4, 0.5) is 11.4 Å². The Morgan fingerprint density at radius 2 is 2.08 bits per heavy atom. The number of hydrogen-bond donors (Lipinski definition) is 1. The zero-order chi connectivity index (χ0) is 18.7. The first kappa shape index (κ1) is 18.3. The quantitative estimate of drug-likeness (QED) is 0.861. The SMILES string of the molecule is CCOc1ccccc1N1C[C@@H](C(=O)Nc2ccc(C)cc2Cl)CC1=O.